The fourth-order valence-electron chi connectivity index (χ4n) is 3.23. The number of sulfone groups is 2. The molecule has 0 aromatic heterocycles. The van der Waals surface area contributed by atoms with E-state index in [4.69, 9.17) is 21.5 Å². The van der Waals surface area contributed by atoms with Crippen LogP contribution in [0.1, 0.15) is 43.0 Å². The summed E-state index contributed by atoms with van der Waals surface area (Å²) in [4.78, 5) is 2.75. The fourth-order valence-corrected chi connectivity index (χ4v) is 5.81. The van der Waals surface area contributed by atoms with Gasteiger partial charge in [0.1, 0.15) is 0 Å². The molecule has 0 saturated heterocycles. The van der Waals surface area contributed by atoms with Gasteiger partial charge in [-0.05, 0) is 96.2 Å². The average Bonchev–Trinajstić information content (AvgIpc) is 3.10. The molecular formula is C34H36N4O4S4. The van der Waals surface area contributed by atoms with Crippen LogP contribution >= 0.6 is 24.4 Å². The molecule has 8 nitrogen and oxygen atoms in total. The van der Waals surface area contributed by atoms with E-state index >= 15 is 0 Å². The summed E-state index contributed by atoms with van der Waals surface area (Å²) in [6.45, 7) is 5.77. The van der Waals surface area contributed by atoms with Gasteiger partial charge in [-0.3, -0.25) is 0 Å². The number of nitrogens with two attached hydrogens (primary N) is 1. The molecule has 4 rings (SSSR count). The molecule has 2 N–H and O–H groups in total. The minimum Gasteiger partial charge on any atom is -0.326 e. The number of thioether (sulfide) groups is 1. The molecule has 0 spiro atoms. The van der Waals surface area contributed by atoms with Crippen molar-refractivity contribution in [2.75, 3.05) is 17.3 Å². The molecule has 0 aliphatic heterocycles. The second-order valence-corrected chi connectivity index (χ2v) is 15.4. The van der Waals surface area contributed by atoms with Crippen molar-refractivity contribution >= 4 is 44.1 Å². The maximum absolute atomic E-state index is 11.4. The Labute approximate surface area is 282 Å². The van der Waals surface area contributed by atoms with Crippen molar-refractivity contribution in [1.29, 1.82) is 15.8 Å². The predicted octanol–water partition coefficient (Wildman–Crippen LogP) is 6.81. The van der Waals surface area contributed by atoms with Crippen LogP contribution in [0.4, 0.5) is 0 Å². The van der Waals surface area contributed by atoms with Crippen LogP contribution in [0.5, 0.6) is 0 Å². The first-order valence-electron chi connectivity index (χ1n) is 14.0. The molecule has 0 aliphatic rings. The van der Waals surface area contributed by atoms with E-state index < -0.39 is 19.7 Å². The maximum Gasteiger partial charge on any atom is 0.178 e. The van der Waals surface area contributed by atoms with Gasteiger partial charge in [0.05, 0.1) is 56.2 Å². The summed E-state index contributed by atoms with van der Waals surface area (Å²) in [7, 11) is -6.20. The van der Waals surface area contributed by atoms with Gasteiger partial charge in [0.2, 0.25) is 0 Å². The lowest BCUT2D eigenvalue weighted by molar-refractivity contribution is 0.595. The number of nitriles is 3. The molecule has 0 fully saturated rings. The smallest absolute Gasteiger partial charge is 0.178 e. The first kappa shape index (κ1) is 39.9. The minimum absolute atomic E-state index is 0.0822. The van der Waals surface area contributed by atoms with Crippen LogP contribution in [0.3, 0.4) is 0 Å². The van der Waals surface area contributed by atoms with E-state index in [0.29, 0.717) is 22.6 Å². The molecule has 0 heterocycles. The van der Waals surface area contributed by atoms with Crippen LogP contribution < -0.4 is 5.73 Å². The second kappa shape index (κ2) is 20.8. The minimum atomic E-state index is -3.13. The van der Waals surface area contributed by atoms with Crippen LogP contribution in [0.25, 0.3) is 0 Å². The van der Waals surface area contributed by atoms with Crippen LogP contribution in [0, 0.1) is 34.0 Å². The Hall–Kier alpha value is -4.09. The van der Waals surface area contributed by atoms with Crippen molar-refractivity contribution in [3.63, 3.8) is 0 Å². The topological polar surface area (TPSA) is 166 Å². The van der Waals surface area contributed by atoms with Crippen LogP contribution in [-0.4, -0.2) is 34.1 Å². The summed E-state index contributed by atoms with van der Waals surface area (Å²) in [6, 6.07) is 33.3. The summed E-state index contributed by atoms with van der Waals surface area (Å²) in [5.74, 6) is 1.29. The zero-order valence-electron chi connectivity index (χ0n) is 25.8. The van der Waals surface area contributed by atoms with Crippen molar-refractivity contribution < 1.29 is 16.8 Å². The third-order valence-electron chi connectivity index (χ3n) is 5.91. The number of hydrogen-bond donors (Lipinski definition) is 2. The summed E-state index contributed by atoms with van der Waals surface area (Å²) in [5, 5.41) is 25.3. The number of hydrogen-bond acceptors (Lipinski definition) is 10. The summed E-state index contributed by atoms with van der Waals surface area (Å²) >= 11 is 5.85. The van der Waals surface area contributed by atoms with Crippen LogP contribution in [0.2, 0.25) is 0 Å². The third-order valence-corrected chi connectivity index (χ3v) is 10.6. The van der Waals surface area contributed by atoms with E-state index in [2.05, 4.69) is 25.6 Å². The van der Waals surface area contributed by atoms with E-state index in [-0.39, 0.29) is 16.4 Å². The van der Waals surface area contributed by atoms with Gasteiger partial charge in [-0.25, -0.2) is 16.8 Å². The van der Waals surface area contributed by atoms with Crippen molar-refractivity contribution in [3.8, 4) is 18.2 Å². The molecule has 240 valence electrons. The van der Waals surface area contributed by atoms with E-state index in [0.717, 1.165) is 21.8 Å². The summed E-state index contributed by atoms with van der Waals surface area (Å²) < 4.78 is 45.4. The van der Waals surface area contributed by atoms with E-state index in [1.165, 1.54) is 29.2 Å². The van der Waals surface area contributed by atoms with Gasteiger partial charge < -0.3 is 5.73 Å². The lowest BCUT2D eigenvalue weighted by atomic mass is 10.2. The Balaban J connectivity index is 0.000000309. The molecule has 0 amide bonds. The molecule has 0 radical (unpaired) electrons. The van der Waals surface area contributed by atoms with Gasteiger partial charge in [-0.2, -0.15) is 15.8 Å². The van der Waals surface area contributed by atoms with E-state index in [1.807, 2.05) is 36.4 Å². The zero-order chi connectivity index (χ0) is 34.6. The molecular weight excluding hydrogens is 657 g/mol. The highest BCUT2D eigenvalue weighted by Gasteiger charge is 2.11. The SMILES string of the molecule is CCS(=O)(=O)c1ccc(C#N)cc1.CCS(=O)(=O)c1ccc(CN)cc1.CCSc1ccc(C#N)cc1.N#Cc1ccc(S)cc1. The van der Waals surface area contributed by atoms with Crippen molar-refractivity contribution in [2.24, 2.45) is 5.73 Å². The number of rotatable bonds is 7. The van der Waals surface area contributed by atoms with Gasteiger partial charge in [-0.1, -0.05) is 32.9 Å². The fraction of sp³-hybridized carbons (Fsp3) is 0.206. The van der Waals surface area contributed by atoms with Gasteiger partial charge >= 0.3 is 0 Å². The standard InChI is InChI=1S/C9H13NO2S.C9H9NO2S.C9H9NS.C7H5NS/c2*1-2-13(11,12)9-5-3-8(7-10)4-6-9;1-2-11-9-5-3-8(7-10)4-6-9;8-5-6-1-3-7(9)4-2-6/h3-6H,2,7,10H2,1H3;3-6H,2H2,1H3;3-6H,2H2,1H3;1-4,9H. The molecule has 12 heteroatoms. The molecule has 4 aromatic rings. The summed E-state index contributed by atoms with van der Waals surface area (Å²) in [6.07, 6.45) is 0. The molecule has 0 unspecified atom stereocenters. The van der Waals surface area contributed by atoms with E-state index in [1.54, 1.807) is 74.1 Å². The van der Waals surface area contributed by atoms with Crippen molar-refractivity contribution in [3.05, 3.63) is 119 Å². The van der Waals surface area contributed by atoms with Gasteiger partial charge in [-0.15, -0.1) is 24.4 Å². The third kappa shape index (κ3) is 14.3. The number of benzene rings is 4. The normalized spacial score (nSPS) is 10.1. The first-order chi connectivity index (χ1) is 21.9. The molecule has 0 bridgehead atoms. The largest absolute Gasteiger partial charge is 0.326 e. The van der Waals surface area contributed by atoms with E-state index in [9.17, 15) is 16.8 Å². The Morgan fingerprint density at radius 3 is 1.28 bits per heavy atom. The predicted molar refractivity (Wildman–Crippen MR) is 187 cm³/mol. The van der Waals surface area contributed by atoms with Crippen molar-refractivity contribution in [2.45, 2.75) is 46.9 Å². The highest BCUT2D eigenvalue weighted by molar-refractivity contribution is 7.99. The Bertz CT molecular complexity index is 1840. The Morgan fingerprint density at radius 1 is 0.609 bits per heavy atom. The highest BCUT2D eigenvalue weighted by atomic mass is 32.2. The van der Waals surface area contributed by atoms with Gasteiger partial charge in [0.25, 0.3) is 0 Å². The monoisotopic (exact) mass is 692 g/mol. The van der Waals surface area contributed by atoms with Gasteiger partial charge in [0.15, 0.2) is 19.7 Å². The molecule has 4 aromatic carbocycles. The van der Waals surface area contributed by atoms with Crippen LogP contribution in [0.15, 0.2) is 117 Å². The molecule has 0 aliphatic carbocycles. The number of nitrogens with zero attached hydrogens (tertiary/aromatic N) is 3. The quantitative estimate of drug-likeness (QED) is 0.156. The zero-order valence-corrected chi connectivity index (χ0v) is 29.1. The number of thiol groups is 1. The first-order valence-corrected chi connectivity index (χ1v) is 18.7. The molecule has 0 saturated carbocycles. The Morgan fingerprint density at radius 2 is 0.957 bits per heavy atom. The molecule has 0 atom stereocenters. The van der Waals surface area contributed by atoms with Crippen LogP contribution in [-0.2, 0) is 26.2 Å². The second-order valence-electron chi connectivity index (χ2n) is 9.02. The lowest BCUT2D eigenvalue weighted by Crippen LogP contribution is -2.04. The van der Waals surface area contributed by atoms with Crippen molar-refractivity contribution in [1.82, 2.24) is 0 Å². The van der Waals surface area contributed by atoms with Gasteiger partial charge in [0, 0.05) is 16.3 Å². The highest BCUT2D eigenvalue weighted by Crippen LogP contribution is 2.17. The maximum atomic E-state index is 11.4. The lowest BCUT2D eigenvalue weighted by Gasteiger charge is -2.01. The average molecular weight is 693 g/mol. The Kier molecular flexibility index (Phi) is 18.1. The summed E-state index contributed by atoms with van der Waals surface area (Å²) in [5.41, 5.74) is 8.20. The molecule has 46 heavy (non-hydrogen) atoms.